The van der Waals surface area contributed by atoms with Crippen LogP contribution in [-0.2, 0) is 6.54 Å². The number of nitrogens with two attached hydrogens (primary N) is 2. The van der Waals surface area contributed by atoms with Gasteiger partial charge >= 0.3 is 0 Å². The number of benzene rings is 1. The van der Waals surface area contributed by atoms with Crippen molar-refractivity contribution in [3.05, 3.63) is 53.2 Å². The van der Waals surface area contributed by atoms with Crippen molar-refractivity contribution < 1.29 is 0 Å². The van der Waals surface area contributed by atoms with E-state index in [9.17, 15) is 0 Å². The summed E-state index contributed by atoms with van der Waals surface area (Å²) in [5.41, 5.74) is 14.5. The predicted octanol–water partition coefficient (Wildman–Crippen LogP) is 2.41. The zero-order chi connectivity index (χ0) is 11.1. The Morgan fingerprint density at radius 2 is 2.07 bits per heavy atom. The molecular weight excluding hydrogens is 184 g/mol. The van der Waals surface area contributed by atoms with E-state index >= 15 is 0 Å². The fourth-order valence-electron chi connectivity index (χ4n) is 1.28. The van der Waals surface area contributed by atoms with Gasteiger partial charge in [-0.3, -0.25) is 0 Å². The first-order valence-corrected chi connectivity index (χ1v) is 5.18. The maximum Gasteiger partial charge on any atom is 0.0184 e. The average molecular weight is 202 g/mol. The van der Waals surface area contributed by atoms with Crippen molar-refractivity contribution in [3.63, 3.8) is 0 Å². The molecule has 0 amide bonds. The minimum absolute atomic E-state index is 0.563. The van der Waals surface area contributed by atoms with E-state index < -0.39 is 0 Å². The fourth-order valence-corrected chi connectivity index (χ4v) is 1.28. The fraction of sp³-hybridized carbons (Fsp3) is 0.231. The van der Waals surface area contributed by atoms with Crippen LogP contribution in [0.1, 0.15) is 24.5 Å². The largest absolute Gasteiger partial charge is 0.402 e. The Morgan fingerprint density at radius 3 is 2.73 bits per heavy atom. The summed E-state index contributed by atoms with van der Waals surface area (Å²) < 4.78 is 0. The van der Waals surface area contributed by atoms with Crippen LogP contribution in [0.15, 0.2) is 42.1 Å². The summed E-state index contributed by atoms with van der Waals surface area (Å²) in [7, 11) is 0. The number of hydrogen-bond acceptors (Lipinski definition) is 2. The van der Waals surface area contributed by atoms with E-state index in [4.69, 9.17) is 11.5 Å². The SMILES string of the molecule is CC/C(N)=C/C=C/c1ccccc1CN. The topological polar surface area (TPSA) is 52.0 Å². The summed E-state index contributed by atoms with van der Waals surface area (Å²) in [6.07, 6.45) is 6.80. The molecule has 2 nitrogen and oxygen atoms in total. The van der Waals surface area contributed by atoms with Crippen molar-refractivity contribution in [1.82, 2.24) is 0 Å². The molecule has 0 aliphatic rings. The van der Waals surface area contributed by atoms with Crippen LogP contribution in [0.3, 0.4) is 0 Å². The molecular formula is C13H18N2. The normalized spacial score (nSPS) is 12.3. The third-order valence-corrected chi connectivity index (χ3v) is 2.27. The molecule has 1 rings (SSSR count). The number of hydrogen-bond donors (Lipinski definition) is 2. The molecule has 1 aromatic carbocycles. The summed E-state index contributed by atoms with van der Waals surface area (Å²) >= 11 is 0. The standard InChI is InChI=1S/C13H18N2/c1-2-13(15)9-5-8-11-6-3-4-7-12(11)10-14/h3-9H,2,10,14-15H2,1H3/b8-5+,13-9-. The Morgan fingerprint density at radius 1 is 1.33 bits per heavy atom. The maximum absolute atomic E-state index is 5.69. The molecule has 15 heavy (non-hydrogen) atoms. The number of allylic oxidation sites excluding steroid dienone is 3. The zero-order valence-corrected chi connectivity index (χ0v) is 9.11. The van der Waals surface area contributed by atoms with Crippen molar-refractivity contribution in [2.75, 3.05) is 0 Å². The van der Waals surface area contributed by atoms with Crippen LogP contribution in [0.2, 0.25) is 0 Å². The summed E-state index contributed by atoms with van der Waals surface area (Å²) in [6, 6.07) is 8.09. The second kappa shape index (κ2) is 6.04. The first-order chi connectivity index (χ1) is 7.27. The molecule has 0 aliphatic carbocycles. The summed E-state index contributed by atoms with van der Waals surface area (Å²) in [5.74, 6) is 0. The van der Waals surface area contributed by atoms with Crippen molar-refractivity contribution in [2.45, 2.75) is 19.9 Å². The summed E-state index contributed by atoms with van der Waals surface area (Å²) in [4.78, 5) is 0. The molecule has 0 radical (unpaired) electrons. The molecule has 80 valence electrons. The van der Waals surface area contributed by atoms with Gasteiger partial charge in [-0.05, 0) is 23.6 Å². The molecule has 0 unspecified atom stereocenters. The van der Waals surface area contributed by atoms with Crippen LogP contribution < -0.4 is 11.5 Å². The summed E-state index contributed by atoms with van der Waals surface area (Å²) in [5, 5.41) is 0. The average Bonchev–Trinajstić information content (AvgIpc) is 2.29. The Hall–Kier alpha value is -1.54. The van der Waals surface area contributed by atoms with Crippen LogP contribution in [0.25, 0.3) is 6.08 Å². The lowest BCUT2D eigenvalue weighted by molar-refractivity contribution is 1.06. The molecule has 4 N–H and O–H groups in total. The van der Waals surface area contributed by atoms with Gasteiger partial charge in [0.15, 0.2) is 0 Å². The van der Waals surface area contributed by atoms with E-state index in [0.29, 0.717) is 6.54 Å². The van der Waals surface area contributed by atoms with Crippen molar-refractivity contribution >= 4 is 6.08 Å². The molecule has 0 heterocycles. The maximum atomic E-state index is 5.69. The highest BCUT2D eigenvalue weighted by molar-refractivity contribution is 5.55. The van der Waals surface area contributed by atoms with Crippen LogP contribution in [-0.4, -0.2) is 0 Å². The third kappa shape index (κ3) is 3.60. The second-order valence-electron chi connectivity index (χ2n) is 3.36. The quantitative estimate of drug-likeness (QED) is 0.737. The minimum atomic E-state index is 0.563. The van der Waals surface area contributed by atoms with Crippen molar-refractivity contribution in [2.24, 2.45) is 11.5 Å². The van der Waals surface area contributed by atoms with Gasteiger partial charge in [0.1, 0.15) is 0 Å². The van der Waals surface area contributed by atoms with E-state index in [-0.39, 0.29) is 0 Å². The third-order valence-electron chi connectivity index (χ3n) is 2.27. The molecule has 2 heteroatoms. The first kappa shape index (κ1) is 11.5. The molecule has 0 spiro atoms. The highest BCUT2D eigenvalue weighted by Crippen LogP contribution is 2.09. The zero-order valence-electron chi connectivity index (χ0n) is 9.11. The number of rotatable bonds is 4. The molecule has 0 saturated heterocycles. The predicted molar refractivity (Wildman–Crippen MR) is 65.9 cm³/mol. The van der Waals surface area contributed by atoms with Crippen LogP contribution in [0.4, 0.5) is 0 Å². The molecule has 0 aliphatic heterocycles. The van der Waals surface area contributed by atoms with E-state index in [0.717, 1.165) is 23.2 Å². The van der Waals surface area contributed by atoms with E-state index in [1.54, 1.807) is 0 Å². The van der Waals surface area contributed by atoms with Gasteiger partial charge < -0.3 is 11.5 Å². The molecule has 0 aromatic heterocycles. The van der Waals surface area contributed by atoms with E-state index in [2.05, 4.69) is 6.07 Å². The second-order valence-corrected chi connectivity index (χ2v) is 3.36. The highest BCUT2D eigenvalue weighted by Gasteiger charge is 1.93. The van der Waals surface area contributed by atoms with Gasteiger partial charge in [0.05, 0.1) is 0 Å². The van der Waals surface area contributed by atoms with Gasteiger partial charge in [-0.15, -0.1) is 0 Å². The van der Waals surface area contributed by atoms with Crippen molar-refractivity contribution in [3.8, 4) is 0 Å². The Bertz CT molecular complexity index is 365. The Kier molecular flexibility index (Phi) is 4.64. The lowest BCUT2D eigenvalue weighted by atomic mass is 10.1. The van der Waals surface area contributed by atoms with Crippen LogP contribution >= 0.6 is 0 Å². The van der Waals surface area contributed by atoms with Gasteiger partial charge in [-0.1, -0.05) is 43.3 Å². The first-order valence-electron chi connectivity index (χ1n) is 5.18. The molecule has 0 saturated carbocycles. The lowest BCUT2D eigenvalue weighted by Gasteiger charge is -2.01. The van der Waals surface area contributed by atoms with E-state index in [1.807, 2.05) is 43.4 Å². The smallest absolute Gasteiger partial charge is 0.0184 e. The monoisotopic (exact) mass is 202 g/mol. The lowest BCUT2D eigenvalue weighted by Crippen LogP contribution is -1.98. The minimum Gasteiger partial charge on any atom is -0.402 e. The van der Waals surface area contributed by atoms with Gasteiger partial charge in [0, 0.05) is 12.2 Å². The molecule has 1 aromatic rings. The van der Waals surface area contributed by atoms with Gasteiger partial charge in [0.2, 0.25) is 0 Å². The Labute approximate surface area is 91.3 Å². The van der Waals surface area contributed by atoms with Crippen LogP contribution in [0.5, 0.6) is 0 Å². The highest BCUT2D eigenvalue weighted by atomic mass is 14.6. The summed E-state index contributed by atoms with van der Waals surface area (Å²) in [6.45, 7) is 2.60. The molecule has 0 atom stereocenters. The Balaban J connectivity index is 2.80. The molecule has 0 bridgehead atoms. The van der Waals surface area contributed by atoms with Gasteiger partial charge in [-0.25, -0.2) is 0 Å². The molecule has 0 fully saturated rings. The van der Waals surface area contributed by atoms with E-state index in [1.165, 1.54) is 0 Å². The van der Waals surface area contributed by atoms with Gasteiger partial charge in [0.25, 0.3) is 0 Å². The van der Waals surface area contributed by atoms with Crippen LogP contribution in [0, 0.1) is 0 Å². The van der Waals surface area contributed by atoms with Crippen molar-refractivity contribution in [1.29, 1.82) is 0 Å². The van der Waals surface area contributed by atoms with Gasteiger partial charge in [-0.2, -0.15) is 0 Å².